The van der Waals surface area contributed by atoms with Crippen molar-refractivity contribution < 1.29 is 4.39 Å². The van der Waals surface area contributed by atoms with Crippen LogP contribution in [0.25, 0.3) is 0 Å². The van der Waals surface area contributed by atoms with Crippen molar-refractivity contribution in [2.75, 3.05) is 6.67 Å². The number of rotatable bonds is 1. The fourth-order valence-electron chi connectivity index (χ4n) is 0. The molecule has 0 aromatic heterocycles. The van der Waals surface area contributed by atoms with Gasteiger partial charge in [-0.2, -0.15) is 0 Å². The fraction of sp³-hybridized carbons (Fsp3) is 0.500. The molecule has 0 unspecified atom stereocenters. The molecule has 25 valence electrons. The van der Waals surface area contributed by atoms with Gasteiger partial charge in [-0.05, 0) is 0 Å². The van der Waals surface area contributed by atoms with Crippen LogP contribution in [0.3, 0.4) is 0 Å². The number of hydrogen-bond acceptors (Lipinski definition) is 0. The van der Waals surface area contributed by atoms with Crippen LogP contribution in [-0.4, -0.2) is 6.67 Å². The van der Waals surface area contributed by atoms with E-state index in [1.54, 1.807) is 0 Å². The van der Waals surface area contributed by atoms with Gasteiger partial charge in [-0.1, -0.05) is 22.6 Å². The van der Waals surface area contributed by atoms with E-state index >= 15 is 0 Å². The van der Waals surface area contributed by atoms with Crippen molar-refractivity contribution in [2.24, 2.45) is 0 Å². The molecule has 0 rings (SSSR count). The van der Waals surface area contributed by atoms with Crippen LogP contribution < -0.4 is 0 Å². The number of halogens is 2. The van der Waals surface area contributed by atoms with Gasteiger partial charge in [0, 0.05) is 0 Å². The summed E-state index contributed by atoms with van der Waals surface area (Å²) in [5, 5.41) is 0. The van der Waals surface area contributed by atoms with Crippen LogP contribution in [-0.2, 0) is 0 Å². The van der Waals surface area contributed by atoms with E-state index < -0.39 is 0 Å². The Morgan fingerprint density at radius 2 is 2.25 bits per heavy atom. The number of alkyl halides is 1. The molecule has 1 radical (unpaired) electrons. The van der Waals surface area contributed by atoms with E-state index in [0.29, 0.717) is 0 Å². The second-order valence-electron chi connectivity index (χ2n) is 0.309. The lowest BCUT2D eigenvalue weighted by molar-refractivity contribution is 0.557. The summed E-state index contributed by atoms with van der Waals surface area (Å²) in [6, 6.07) is 0. The minimum Gasteiger partial charge on any atom is -0.250 e. The van der Waals surface area contributed by atoms with Gasteiger partial charge in [0.25, 0.3) is 0 Å². The Morgan fingerprint density at radius 1 is 2.00 bits per heavy atom. The Balaban J connectivity index is 1.97. The average molecular weight is 173 g/mol. The molecule has 0 saturated heterocycles. The molecule has 0 aliphatic rings. The van der Waals surface area contributed by atoms with Crippen molar-refractivity contribution in [3.63, 3.8) is 0 Å². The highest BCUT2D eigenvalue weighted by atomic mass is 127. The van der Waals surface area contributed by atoms with Gasteiger partial charge in [0.15, 0.2) is 0 Å². The smallest absolute Gasteiger partial charge is 0.102 e. The first-order valence-electron chi connectivity index (χ1n) is 0.894. The molecular formula is C2H3FI. The molecule has 0 bridgehead atoms. The van der Waals surface area contributed by atoms with Gasteiger partial charge in [-0.15, -0.1) is 0 Å². The third-order valence-corrected chi connectivity index (χ3v) is 0.391. The Labute approximate surface area is 38.5 Å². The van der Waals surface area contributed by atoms with Gasteiger partial charge in [-0.3, -0.25) is 0 Å². The van der Waals surface area contributed by atoms with E-state index in [1.807, 2.05) is 22.6 Å². The molecule has 0 spiro atoms. The lowest BCUT2D eigenvalue weighted by Crippen LogP contribution is -1.54. The molecule has 4 heavy (non-hydrogen) atoms. The van der Waals surface area contributed by atoms with E-state index in [1.165, 1.54) is 4.43 Å². The first kappa shape index (κ1) is 4.66. The molecule has 0 aromatic carbocycles. The summed E-state index contributed by atoms with van der Waals surface area (Å²) in [6.45, 7) is -0.319. The Bertz CT molecular complexity index is 8.00. The first-order chi connectivity index (χ1) is 1.91. The molecule has 0 amide bonds. The number of hydrogen-bond donors (Lipinski definition) is 0. The van der Waals surface area contributed by atoms with Crippen molar-refractivity contribution in [3.05, 3.63) is 4.43 Å². The predicted octanol–water partition coefficient (Wildman–Crippen LogP) is 1.55. The molecule has 0 N–H and O–H groups in total. The molecule has 0 heterocycles. The molecular weight excluding hydrogens is 170 g/mol. The third-order valence-electron chi connectivity index (χ3n) is 0.0583. The van der Waals surface area contributed by atoms with Crippen molar-refractivity contribution in [1.29, 1.82) is 0 Å². The van der Waals surface area contributed by atoms with Crippen LogP contribution in [0.15, 0.2) is 0 Å². The highest BCUT2D eigenvalue weighted by Gasteiger charge is 1.64. The van der Waals surface area contributed by atoms with Crippen LogP contribution in [0.2, 0.25) is 0 Å². The average Bonchev–Trinajstić information content (AvgIpc) is 1.37. The molecule has 0 aliphatic heterocycles. The highest BCUT2D eigenvalue weighted by Crippen LogP contribution is 1.85. The summed E-state index contributed by atoms with van der Waals surface area (Å²) in [5.74, 6) is 0. The van der Waals surface area contributed by atoms with Gasteiger partial charge in [0.1, 0.15) is 6.67 Å². The molecule has 0 saturated carbocycles. The maximum atomic E-state index is 10.7. The minimum absolute atomic E-state index is 0.319. The molecule has 0 fully saturated rings. The van der Waals surface area contributed by atoms with Crippen LogP contribution in [0, 0.1) is 4.43 Å². The monoisotopic (exact) mass is 173 g/mol. The van der Waals surface area contributed by atoms with Crippen LogP contribution in [0.1, 0.15) is 0 Å². The van der Waals surface area contributed by atoms with Gasteiger partial charge in [-0.25, -0.2) is 4.39 Å². The lowest BCUT2D eigenvalue weighted by atomic mass is 10.9. The normalized spacial score (nSPS) is 7.50. The fourth-order valence-corrected chi connectivity index (χ4v) is 0. The van der Waals surface area contributed by atoms with Gasteiger partial charge in [0.2, 0.25) is 0 Å². The van der Waals surface area contributed by atoms with Crippen LogP contribution >= 0.6 is 22.6 Å². The molecule has 0 aromatic rings. The van der Waals surface area contributed by atoms with Crippen LogP contribution in [0.4, 0.5) is 4.39 Å². The van der Waals surface area contributed by atoms with E-state index in [0.717, 1.165) is 0 Å². The predicted molar refractivity (Wildman–Crippen MR) is 24.3 cm³/mol. The maximum Gasteiger partial charge on any atom is 0.102 e. The topological polar surface area (TPSA) is 0 Å². The summed E-state index contributed by atoms with van der Waals surface area (Å²) in [6.07, 6.45) is 0. The van der Waals surface area contributed by atoms with Gasteiger partial charge in [0.05, 0.1) is 4.43 Å². The summed E-state index contributed by atoms with van der Waals surface area (Å²) in [5.41, 5.74) is 0. The zero-order chi connectivity index (χ0) is 3.41. The Kier molecular flexibility index (Phi) is 4.26. The van der Waals surface area contributed by atoms with Crippen molar-refractivity contribution in [2.45, 2.75) is 0 Å². The van der Waals surface area contributed by atoms with E-state index in [-0.39, 0.29) is 6.67 Å². The quantitative estimate of drug-likeness (QED) is 0.527. The standard InChI is InChI=1S/C2H3FI/c3-1-2-4/h2H,1H2. The maximum absolute atomic E-state index is 10.7. The second-order valence-corrected chi connectivity index (χ2v) is 1.19. The van der Waals surface area contributed by atoms with E-state index in [4.69, 9.17) is 0 Å². The Morgan fingerprint density at radius 3 is 2.25 bits per heavy atom. The first-order valence-corrected chi connectivity index (χ1v) is 2.14. The molecule has 0 atom stereocenters. The van der Waals surface area contributed by atoms with E-state index in [9.17, 15) is 4.39 Å². The van der Waals surface area contributed by atoms with Crippen molar-refractivity contribution in [3.8, 4) is 0 Å². The lowest BCUT2D eigenvalue weighted by Gasteiger charge is -1.61. The second kappa shape index (κ2) is 3.66. The summed E-state index contributed by atoms with van der Waals surface area (Å²) in [7, 11) is 0. The zero-order valence-corrected chi connectivity index (χ0v) is 4.20. The Hall–Kier alpha value is 0.660. The third kappa shape index (κ3) is 2.66. The van der Waals surface area contributed by atoms with Crippen LogP contribution in [0.5, 0.6) is 0 Å². The summed E-state index contributed by atoms with van der Waals surface area (Å²) < 4.78 is 12.1. The van der Waals surface area contributed by atoms with Gasteiger partial charge < -0.3 is 0 Å². The zero-order valence-electron chi connectivity index (χ0n) is 2.04. The van der Waals surface area contributed by atoms with Crippen molar-refractivity contribution in [1.82, 2.24) is 0 Å². The summed E-state index contributed by atoms with van der Waals surface area (Å²) in [4.78, 5) is 0. The molecule has 0 nitrogen and oxygen atoms in total. The SMILES string of the molecule is FC[CH]I. The largest absolute Gasteiger partial charge is 0.250 e. The van der Waals surface area contributed by atoms with Gasteiger partial charge >= 0.3 is 0 Å². The van der Waals surface area contributed by atoms with Crippen molar-refractivity contribution >= 4 is 22.6 Å². The highest BCUT2D eigenvalue weighted by molar-refractivity contribution is 14.1. The molecule has 2 heteroatoms. The summed E-state index contributed by atoms with van der Waals surface area (Å²) >= 11 is 1.85. The van der Waals surface area contributed by atoms with E-state index in [2.05, 4.69) is 0 Å². The molecule has 0 aliphatic carbocycles. The minimum atomic E-state index is -0.319.